The van der Waals surface area contributed by atoms with Gasteiger partial charge in [0, 0.05) is 12.5 Å². The van der Waals surface area contributed by atoms with E-state index in [-0.39, 0.29) is 31.3 Å². The average molecular weight is 335 g/mol. The van der Waals surface area contributed by atoms with E-state index in [4.69, 9.17) is 9.47 Å². The molecular formula is C18H25NO5. The second-order valence-corrected chi connectivity index (χ2v) is 5.48. The van der Waals surface area contributed by atoms with Crippen LogP contribution >= 0.6 is 0 Å². The fourth-order valence-corrected chi connectivity index (χ4v) is 2.06. The van der Waals surface area contributed by atoms with Crippen molar-refractivity contribution in [3.8, 4) is 0 Å². The van der Waals surface area contributed by atoms with Crippen LogP contribution in [0, 0.1) is 5.92 Å². The van der Waals surface area contributed by atoms with Crippen molar-refractivity contribution in [3.05, 3.63) is 35.9 Å². The Kier molecular flexibility index (Phi) is 9.19. The maximum Gasteiger partial charge on any atom is 0.407 e. The molecule has 0 aliphatic carbocycles. The van der Waals surface area contributed by atoms with Crippen molar-refractivity contribution in [2.24, 2.45) is 5.92 Å². The molecule has 0 heterocycles. The summed E-state index contributed by atoms with van der Waals surface area (Å²) in [5.41, 5.74) is 0.922. The first-order valence-corrected chi connectivity index (χ1v) is 8.15. The van der Waals surface area contributed by atoms with Crippen LogP contribution < -0.4 is 5.32 Å². The lowest BCUT2D eigenvalue weighted by atomic mass is 9.98. The van der Waals surface area contributed by atoms with E-state index in [0.717, 1.165) is 5.56 Å². The number of esters is 1. The highest BCUT2D eigenvalue weighted by molar-refractivity contribution is 5.96. The maximum atomic E-state index is 11.8. The SMILES string of the molecule is CCOC(=O)CC(=O)[C@@H](C)CCCNC(=O)OCc1ccccc1. The minimum Gasteiger partial charge on any atom is -0.466 e. The number of rotatable bonds is 10. The minimum atomic E-state index is -0.489. The van der Waals surface area contributed by atoms with Crippen molar-refractivity contribution in [1.29, 1.82) is 0 Å². The summed E-state index contributed by atoms with van der Waals surface area (Å²) in [5.74, 6) is -0.867. The summed E-state index contributed by atoms with van der Waals surface area (Å²) in [7, 11) is 0. The van der Waals surface area contributed by atoms with Gasteiger partial charge in [-0.1, -0.05) is 37.3 Å². The predicted octanol–water partition coefficient (Wildman–Crippen LogP) is 2.85. The highest BCUT2D eigenvalue weighted by Gasteiger charge is 2.17. The lowest BCUT2D eigenvalue weighted by molar-refractivity contribution is -0.146. The fourth-order valence-electron chi connectivity index (χ4n) is 2.06. The van der Waals surface area contributed by atoms with Crippen LogP contribution in [0.4, 0.5) is 4.79 Å². The summed E-state index contributed by atoms with van der Waals surface area (Å²) in [4.78, 5) is 34.6. The number of hydrogen-bond donors (Lipinski definition) is 1. The first-order chi connectivity index (χ1) is 11.5. The molecule has 0 bridgehead atoms. The third-order valence-corrected chi connectivity index (χ3v) is 3.47. The van der Waals surface area contributed by atoms with Gasteiger partial charge in [-0.2, -0.15) is 0 Å². The van der Waals surface area contributed by atoms with Crippen LogP contribution in [0.5, 0.6) is 0 Å². The molecule has 0 saturated heterocycles. The van der Waals surface area contributed by atoms with Crippen molar-refractivity contribution in [1.82, 2.24) is 5.32 Å². The lowest BCUT2D eigenvalue weighted by Crippen LogP contribution is -2.26. The fraction of sp³-hybridized carbons (Fsp3) is 0.500. The Labute approximate surface area is 142 Å². The van der Waals surface area contributed by atoms with Gasteiger partial charge in [-0.05, 0) is 25.3 Å². The normalized spacial score (nSPS) is 11.4. The molecule has 0 aliphatic heterocycles. The van der Waals surface area contributed by atoms with E-state index in [1.54, 1.807) is 13.8 Å². The standard InChI is InChI=1S/C18H25NO5/c1-3-23-17(21)12-16(20)14(2)8-7-11-19-18(22)24-13-15-9-5-4-6-10-15/h4-6,9-10,14H,3,7-8,11-13H2,1-2H3,(H,19,22)/t14-/m0/s1. The molecular weight excluding hydrogens is 310 g/mol. The van der Waals surface area contributed by atoms with Crippen LogP contribution in [0.2, 0.25) is 0 Å². The highest BCUT2D eigenvalue weighted by Crippen LogP contribution is 2.09. The molecule has 1 atom stereocenters. The van der Waals surface area contributed by atoms with Gasteiger partial charge < -0.3 is 14.8 Å². The van der Waals surface area contributed by atoms with Gasteiger partial charge in [0.2, 0.25) is 0 Å². The molecule has 1 rings (SSSR count). The molecule has 6 heteroatoms. The summed E-state index contributed by atoms with van der Waals surface area (Å²) in [6.07, 6.45) is 0.555. The van der Waals surface area contributed by atoms with Gasteiger partial charge in [0.15, 0.2) is 0 Å². The van der Waals surface area contributed by atoms with E-state index in [0.29, 0.717) is 19.4 Å². The van der Waals surface area contributed by atoms with Gasteiger partial charge in [-0.15, -0.1) is 0 Å². The van der Waals surface area contributed by atoms with E-state index in [1.165, 1.54) is 0 Å². The molecule has 1 amide bonds. The Balaban J connectivity index is 2.12. The smallest absolute Gasteiger partial charge is 0.407 e. The van der Waals surface area contributed by atoms with E-state index in [9.17, 15) is 14.4 Å². The molecule has 1 aromatic carbocycles. The van der Waals surface area contributed by atoms with E-state index < -0.39 is 12.1 Å². The van der Waals surface area contributed by atoms with E-state index in [2.05, 4.69) is 5.32 Å². The number of ketones is 1. The number of carbonyl (C=O) groups excluding carboxylic acids is 3. The topological polar surface area (TPSA) is 81.7 Å². The third-order valence-electron chi connectivity index (χ3n) is 3.47. The average Bonchev–Trinajstić information content (AvgIpc) is 2.57. The third kappa shape index (κ3) is 8.31. The summed E-state index contributed by atoms with van der Waals surface area (Å²) in [5, 5.41) is 2.64. The summed E-state index contributed by atoms with van der Waals surface area (Å²) >= 11 is 0. The Bertz CT molecular complexity index is 529. The zero-order valence-corrected chi connectivity index (χ0v) is 14.2. The zero-order chi connectivity index (χ0) is 17.8. The molecule has 0 saturated carbocycles. The maximum absolute atomic E-state index is 11.8. The number of Topliss-reactive ketones (excluding diaryl/α,β-unsaturated/α-hetero) is 1. The van der Waals surface area contributed by atoms with E-state index in [1.807, 2.05) is 30.3 Å². The number of hydrogen-bond acceptors (Lipinski definition) is 5. The molecule has 0 unspecified atom stereocenters. The van der Waals surface area contributed by atoms with Crippen LogP contribution in [-0.4, -0.2) is 31.0 Å². The first-order valence-electron chi connectivity index (χ1n) is 8.15. The van der Waals surface area contributed by atoms with Crippen LogP contribution in [0.1, 0.15) is 38.7 Å². The van der Waals surface area contributed by atoms with Crippen molar-refractivity contribution in [2.75, 3.05) is 13.2 Å². The van der Waals surface area contributed by atoms with Crippen LogP contribution in [0.15, 0.2) is 30.3 Å². The number of nitrogens with one attached hydrogen (secondary N) is 1. The quantitative estimate of drug-likeness (QED) is 0.404. The molecule has 0 radical (unpaired) electrons. The molecule has 132 valence electrons. The van der Waals surface area contributed by atoms with Crippen molar-refractivity contribution in [3.63, 3.8) is 0 Å². The Morgan fingerprint density at radius 2 is 1.83 bits per heavy atom. The molecule has 0 aromatic heterocycles. The van der Waals surface area contributed by atoms with Crippen LogP contribution in [-0.2, 0) is 25.7 Å². The zero-order valence-electron chi connectivity index (χ0n) is 14.2. The van der Waals surface area contributed by atoms with Crippen molar-refractivity contribution in [2.45, 2.75) is 39.7 Å². The molecule has 0 fully saturated rings. The van der Waals surface area contributed by atoms with E-state index >= 15 is 0 Å². The highest BCUT2D eigenvalue weighted by atomic mass is 16.5. The number of ether oxygens (including phenoxy) is 2. The molecule has 6 nitrogen and oxygen atoms in total. The van der Waals surface area contributed by atoms with Crippen molar-refractivity contribution < 1.29 is 23.9 Å². The van der Waals surface area contributed by atoms with Gasteiger partial charge in [-0.3, -0.25) is 9.59 Å². The molecule has 1 aromatic rings. The molecule has 1 N–H and O–H groups in total. The minimum absolute atomic E-state index is 0.139. The van der Waals surface area contributed by atoms with Crippen LogP contribution in [0.3, 0.4) is 0 Å². The Hall–Kier alpha value is -2.37. The summed E-state index contributed by atoms with van der Waals surface area (Å²) in [6.45, 7) is 4.39. The monoisotopic (exact) mass is 335 g/mol. The number of benzene rings is 1. The van der Waals surface area contributed by atoms with Gasteiger partial charge in [0.1, 0.15) is 18.8 Å². The first kappa shape index (κ1) is 19.7. The Morgan fingerprint density at radius 3 is 2.50 bits per heavy atom. The molecule has 24 heavy (non-hydrogen) atoms. The van der Waals surface area contributed by atoms with Crippen molar-refractivity contribution >= 4 is 17.8 Å². The largest absolute Gasteiger partial charge is 0.466 e. The van der Waals surface area contributed by atoms with Gasteiger partial charge >= 0.3 is 12.1 Å². The number of carbonyl (C=O) groups is 3. The number of amides is 1. The van der Waals surface area contributed by atoms with Gasteiger partial charge in [-0.25, -0.2) is 4.79 Å². The predicted molar refractivity (Wildman–Crippen MR) is 89.3 cm³/mol. The summed E-state index contributed by atoms with van der Waals surface area (Å²) in [6, 6.07) is 9.42. The molecule has 0 spiro atoms. The Morgan fingerprint density at radius 1 is 1.12 bits per heavy atom. The van der Waals surface area contributed by atoms with Crippen LogP contribution in [0.25, 0.3) is 0 Å². The lowest BCUT2D eigenvalue weighted by Gasteiger charge is -2.11. The second kappa shape index (κ2) is 11.2. The second-order valence-electron chi connectivity index (χ2n) is 5.48. The summed E-state index contributed by atoms with van der Waals surface area (Å²) < 4.78 is 9.83. The van der Waals surface area contributed by atoms with Gasteiger partial charge in [0.25, 0.3) is 0 Å². The molecule has 0 aliphatic rings. The number of alkyl carbamates (subject to hydrolysis) is 1. The van der Waals surface area contributed by atoms with Gasteiger partial charge in [0.05, 0.1) is 6.61 Å².